The van der Waals surface area contributed by atoms with Gasteiger partial charge in [-0.2, -0.15) is 5.26 Å². The number of pyridine rings is 1. The van der Waals surface area contributed by atoms with E-state index >= 15 is 0 Å². The van der Waals surface area contributed by atoms with Crippen LogP contribution in [0.2, 0.25) is 0 Å². The normalized spacial score (nSPS) is 11.5. The van der Waals surface area contributed by atoms with E-state index in [-0.39, 0.29) is 3.70 Å². The van der Waals surface area contributed by atoms with Crippen LogP contribution in [0.15, 0.2) is 11.0 Å². The maximum atomic E-state index is 12.4. The topological polar surface area (TPSA) is 96.8 Å². The van der Waals surface area contributed by atoms with Gasteiger partial charge in [-0.3, -0.25) is 0 Å². The van der Waals surface area contributed by atoms with Crippen LogP contribution in [0.25, 0.3) is 0 Å². The Kier molecular flexibility index (Phi) is 3.76. The molecule has 0 amide bonds. The number of halogens is 3. The van der Waals surface area contributed by atoms with E-state index in [4.69, 9.17) is 10.4 Å². The van der Waals surface area contributed by atoms with Gasteiger partial charge in [-0.25, -0.2) is 27.3 Å². The van der Waals surface area contributed by atoms with Crippen LogP contribution in [0, 0.1) is 15.0 Å². The lowest BCUT2D eigenvalue weighted by molar-refractivity contribution is 0.145. The lowest BCUT2D eigenvalue weighted by Crippen LogP contribution is -2.16. The number of aromatic nitrogens is 1. The van der Waals surface area contributed by atoms with Gasteiger partial charge in [0.1, 0.15) is 20.4 Å². The largest absolute Gasteiger partial charge is 0.281 e. The number of hydrogen-bond donors (Lipinski definition) is 1. The molecule has 1 aromatic heterocycles. The van der Waals surface area contributed by atoms with Crippen molar-refractivity contribution in [1.29, 1.82) is 5.26 Å². The smallest absolute Gasteiger partial charge is 0.238 e. The molecule has 0 aromatic carbocycles. The maximum Gasteiger partial charge on any atom is 0.281 e. The first kappa shape index (κ1) is 13.2. The standard InChI is InChI=1S/C7H4F2IN3O2S/c8-6(9)5-3(2-11)1-4(7(10)13-5)16(12,14)15/h1,6H,(H2,12,14,15). The predicted octanol–water partition coefficient (Wildman–Crippen LogP) is 1.14. The van der Waals surface area contributed by atoms with Gasteiger partial charge in [0.05, 0.1) is 5.56 Å². The van der Waals surface area contributed by atoms with Crippen LogP contribution in [0.4, 0.5) is 8.78 Å². The number of rotatable bonds is 2. The molecule has 0 atom stereocenters. The second-order valence-electron chi connectivity index (χ2n) is 2.67. The maximum absolute atomic E-state index is 12.4. The molecule has 0 spiro atoms. The monoisotopic (exact) mass is 359 g/mol. The van der Waals surface area contributed by atoms with Gasteiger partial charge in [0.15, 0.2) is 0 Å². The first-order valence-electron chi connectivity index (χ1n) is 3.69. The van der Waals surface area contributed by atoms with E-state index in [0.29, 0.717) is 0 Å². The summed E-state index contributed by atoms with van der Waals surface area (Å²) in [6.45, 7) is 0. The van der Waals surface area contributed by atoms with E-state index in [1.54, 1.807) is 0 Å². The molecule has 0 unspecified atom stereocenters. The van der Waals surface area contributed by atoms with Crippen molar-refractivity contribution in [3.05, 3.63) is 21.0 Å². The number of nitriles is 1. The van der Waals surface area contributed by atoms with E-state index in [1.807, 2.05) is 0 Å². The summed E-state index contributed by atoms with van der Waals surface area (Å²) in [7, 11) is -4.07. The second-order valence-corrected chi connectivity index (χ2v) is 5.22. The Morgan fingerprint density at radius 1 is 1.56 bits per heavy atom. The second kappa shape index (κ2) is 4.56. The van der Waals surface area contributed by atoms with Crippen molar-refractivity contribution in [1.82, 2.24) is 4.98 Å². The van der Waals surface area contributed by atoms with Crippen molar-refractivity contribution in [3.63, 3.8) is 0 Å². The Bertz CT molecular complexity index is 568. The van der Waals surface area contributed by atoms with Gasteiger partial charge in [-0.1, -0.05) is 0 Å². The highest BCUT2D eigenvalue weighted by molar-refractivity contribution is 14.1. The summed E-state index contributed by atoms with van der Waals surface area (Å²) in [5.74, 6) is 0. The number of alkyl halides is 2. The Labute approximate surface area is 103 Å². The van der Waals surface area contributed by atoms with Crippen molar-refractivity contribution in [2.24, 2.45) is 5.14 Å². The van der Waals surface area contributed by atoms with E-state index < -0.39 is 32.6 Å². The molecule has 86 valence electrons. The molecule has 1 aromatic rings. The molecular weight excluding hydrogens is 355 g/mol. The summed E-state index contributed by atoms with van der Waals surface area (Å²) in [6.07, 6.45) is -2.95. The summed E-state index contributed by atoms with van der Waals surface area (Å²) in [4.78, 5) is 2.93. The van der Waals surface area contributed by atoms with Gasteiger partial charge in [0.2, 0.25) is 10.0 Å². The molecular formula is C7H4F2IN3O2S. The molecule has 1 rings (SSSR count). The molecule has 0 aliphatic heterocycles. The summed E-state index contributed by atoms with van der Waals surface area (Å²) in [5, 5.41) is 13.4. The van der Waals surface area contributed by atoms with E-state index in [0.717, 1.165) is 6.07 Å². The zero-order valence-corrected chi connectivity index (χ0v) is 10.5. The minimum atomic E-state index is -4.07. The molecule has 0 fully saturated rings. The van der Waals surface area contributed by atoms with Crippen LogP contribution in [-0.2, 0) is 10.0 Å². The molecule has 16 heavy (non-hydrogen) atoms. The van der Waals surface area contributed by atoms with Gasteiger partial charge in [-0.15, -0.1) is 0 Å². The van der Waals surface area contributed by atoms with Crippen molar-refractivity contribution >= 4 is 32.6 Å². The first-order chi connectivity index (χ1) is 7.27. The molecule has 9 heteroatoms. The average Bonchev–Trinajstić information content (AvgIpc) is 2.15. The molecule has 0 aliphatic rings. The molecule has 5 nitrogen and oxygen atoms in total. The van der Waals surface area contributed by atoms with Crippen LogP contribution in [-0.4, -0.2) is 13.4 Å². The number of nitrogens with zero attached hydrogens (tertiary/aromatic N) is 2. The summed E-state index contributed by atoms with van der Waals surface area (Å²) < 4.78 is 46.7. The summed E-state index contributed by atoms with van der Waals surface area (Å²) in [5.41, 5.74) is -1.25. The third-order valence-corrected chi connectivity index (χ3v) is 3.72. The average molecular weight is 359 g/mol. The van der Waals surface area contributed by atoms with E-state index in [9.17, 15) is 17.2 Å². The molecule has 1 heterocycles. The number of sulfonamides is 1. The van der Waals surface area contributed by atoms with E-state index in [2.05, 4.69) is 4.98 Å². The van der Waals surface area contributed by atoms with Gasteiger partial charge >= 0.3 is 0 Å². The molecule has 0 saturated heterocycles. The lowest BCUT2D eigenvalue weighted by atomic mass is 10.2. The van der Waals surface area contributed by atoms with Gasteiger partial charge in [-0.05, 0) is 28.7 Å². The highest BCUT2D eigenvalue weighted by Gasteiger charge is 2.22. The number of hydrogen-bond acceptors (Lipinski definition) is 4. The van der Waals surface area contributed by atoms with Crippen LogP contribution in [0.3, 0.4) is 0 Å². The quantitative estimate of drug-likeness (QED) is 0.633. The predicted molar refractivity (Wildman–Crippen MR) is 58.0 cm³/mol. The minimum absolute atomic E-state index is 0.186. The zero-order chi connectivity index (χ0) is 12.5. The SMILES string of the molecule is N#Cc1cc(S(N)(=O)=O)c(I)nc1C(F)F. The Balaban J connectivity index is 3.58. The Morgan fingerprint density at radius 2 is 2.12 bits per heavy atom. The molecule has 2 N–H and O–H groups in total. The highest BCUT2D eigenvalue weighted by Crippen LogP contribution is 2.25. The fourth-order valence-electron chi connectivity index (χ4n) is 0.941. The zero-order valence-electron chi connectivity index (χ0n) is 7.49. The lowest BCUT2D eigenvalue weighted by Gasteiger charge is -2.06. The van der Waals surface area contributed by atoms with Crippen molar-refractivity contribution in [3.8, 4) is 6.07 Å². The molecule has 0 radical (unpaired) electrons. The van der Waals surface area contributed by atoms with Crippen LogP contribution >= 0.6 is 22.6 Å². The van der Waals surface area contributed by atoms with Crippen molar-refractivity contribution in [2.45, 2.75) is 11.3 Å². The third kappa shape index (κ3) is 2.63. The van der Waals surface area contributed by atoms with Crippen molar-refractivity contribution in [2.75, 3.05) is 0 Å². The van der Waals surface area contributed by atoms with Gasteiger partial charge in [0, 0.05) is 0 Å². The number of primary sulfonamides is 1. The molecule has 0 aliphatic carbocycles. The Morgan fingerprint density at radius 3 is 2.50 bits per heavy atom. The van der Waals surface area contributed by atoms with Crippen LogP contribution in [0.5, 0.6) is 0 Å². The van der Waals surface area contributed by atoms with Gasteiger partial charge < -0.3 is 0 Å². The summed E-state index contributed by atoms with van der Waals surface area (Å²) in [6, 6.07) is 2.25. The number of nitrogens with two attached hydrogens (primary N) is 1. The van der Waals surface area contributed by atoms with Crippen LogP contribution in [0.1, 0.15) is 17.7 Å². The molecule has 0 bridgehead atoms. The minimum Gasteiger partial charge on any atom is -0.238 e. The van der Waals surface area contributed by atoms with E-state index in [1.165, 1.54) is 28.7 Å². The van der Waals surface area contributed by atoms with Crippen molar-refractivity contribution < 1.29 is 17.2 Å². The fourth-order valence-corrected chi connectivity index (χ4v) is 2.84. The van der Waals surface area contributed by atoms with Crippen LogP contribution < -0.4 is 5.14 Å². The van der Waals surface area contributed by atoms with Gasteiger partial charge in [0.25, 0.3) is 6.43 Å². The third-order valence-electron chi connectivity index (χ3n) is 1.61. The highest BCUT2D eigenvalue weighted by atomic mass is 127. The summed E-state index contributed by atoms with van der Waals surface area (Å²) >= 11 is 1.46. The fraction of sp³-hybridized carbons (Fsp3) is 0.143. The molecule has 0 saturated carbocycles. The Hall–Kier alpha value is -0.860. The first-order valence-corrected chi connectivity index (χ1v) is 6.31.